The Morgan fingerprint density at radius 2 is 1.89 bits per heavy atom. The lowest BCUT2D eigenvalue weighted by molar-refractivity contribution is -0.149. The zero-order valence-corrected chi connectivity index (χ0v) is 12.3. The highest BCUT2D eigenvalue weighted by Gasteiger charge is 2.36. The van der Waals surface area contributed by atoms with E-state index in [1.807, 2.05) is 6.92 Å². The summed E-state index contributed by atoms with van der Waals surface area (Å²) < 4.78 is 37.8. The average Bonchev–Trinajstić information content (AvgIpc) is 2.27. The van der Waals surface area contributed by atoms with Crippen molar-refractivity contribution in [1.82, 2.24) is 10.2 Å². The Bertz CT molecular complexity index is 258. The molecule has 1 heterocycles. The van der Waals surface area contributed by atoms with E-state index in [0.717, 1.165) is 32.4 Å². The van der Waals surface area contributed by atoms with Gasteiger partial charge in [0.2, 0.25) is 0 Å². The third-order valence-corrected chi connectivity index (χ3v) is 3.98. The summed E-state index contributed by atoms with van der Waals surface area (Å²) in [7, 11) is 0. The van der Waals surface area contributed by atoms with E-state index in [9.17, 15) is 13.2 Å². The molecule has 0 radical (unpaired) electrons. The third kappa shape index (κ3) is 6.13. The predicted octanol–water partition coefficient (Wildman–Crippen LogP) is 3.29. The number of piperidine rings is 1. The van der Waals surface area contributed by atoms with Crippen molar-refractivity contribution >= 4 is 0 Å². The predicted molar refractivity (Wildman–Crippen MR) is 72.2 cm³/mol. The summed E-state index contributed by atoms with van der Waals surface area (Å²) in [6.45, 7) is 8.35. The molecule has 1 fully saturated rings. The van der Waals surface area contributed by atoms with Gasteiger partial charge in [-0.1, -0.05) is 20.8 Å². The van der Waals surface area contributed by atoms with Crippen molar-refractivity contribution < 1.29 is 13.2 Å². The van der Waals surface area contributed by atoms with E-state index in [4.69, 9.17) is 0 Å². The van der Waals surface area contributed by atoms with Gasteiger partial charge in [0.25, 0.3) is 0 Å². The minimum atomic E-state index is -4.10. The molecule has 0 bridgehead atoms. The number of hydrogen-bond acceptors (Lipinski definition) is 2. The molecule has 0 aromatic carbocycles. The Morgan fingerprint density at radius 1 is 1.21 bits per heavy atom. The molecule has 0 aliphatic carbocycles. The van der Waals surface area contributed by atoms with Crippen molar-refractivity contribution in [2.75, 3.05) is 32.7 Å². The van der Waals surface area contributed by atoms with Crippen LogP contribution in [0.1, 0.15) is 40.0 Å². The van der Waals surface area contributed by atoms with Crippen LogP contribution in [0.15, 0.2) is 0 Å². The molecule has 1 aliphatic heterocycles. The van der Waals surface area contributed by atoms with E-state index in [1.165, 1.54) is 0 Å². The molecule has 114 valence electrons. The number of hydrogen-bond donors (Lipinski definition) is 1. The number of alkyl halides is 3. The lowest BCUT2D eigenvalue weighted by Gasteiger charge is -2.41. The minimum absolute atomic E-state index is 0.0756. The Labute approximate surface area is 114 Å². The quantitative estimate of drug-likeness (QED) is 0.803. The first-order chi connectivity index (χ1) is 8.74. The highest BCUT2D eigenvalue weighted by Crippen LogP contribution is 2.33. The molecule has 19 heavy (non-hydrogen) atoms. The van der Waals surface area contributed by atoms with Crippen LogP contribution in [-0.2, 0) is 0 Å². The smallest absolute Gasteiger partial charge is 0.316 e. The lowest BCUT2D eigenvalue weighted by Crippen LogP contribution is -2.47. The zero-order valence-electron chi connectivity index (χ0n) is 12.3. The fourth-order valence-corrected chi connectivity index (χ4v) is 3.01. The van der Waals surface area contributed by atoms with Gasteiger partial charge in [-0.3, -0.25) is 4.90 Å². The Kier molecular flexibility index (Phi) is 6.12. The highest BCUT2D eigenvalue weighted by atomic mass is 19.4. The molecule has 0 amide bonds. The maximum Gasteiger partial charge on any atom is 0.401 e. The van der Waals surface area contributed by atoms with Crippen molar-refractivity contribution in [3.05, 3.63) is 0 Å². The van der Waals surface area contributed by atoms with E-state index in [2.05, 4.69) is 19.2 Å². The van der Waals surface area contributed by atoms with Crippen molar-refractivity contribution in [3.8, 4) is 0 Å². The molecule has 0 saturated carbocycles. The number of nitrogens with zero attached hydrogens (tertiary/aromatic N) is 1. The molecule has 2 nitrogen and oxygen atoms in total. The van der Waals surface area contributed by atoms with Gasteiger partial charge in [0.05, 0.1) is 6.54 Å². The van der Waals surface area contributed by atoms with Gasteiger partial charge in [-0.15, -0.1) is 0 Å². The zero-order chi connectivity index (χ0) is 14.5. The summed E-state index contributed by atoms with van der Waals surface area (Å²) in [4.78, 5) is 1.56. The second-order valence-electron chi connectivity index (χ2n) is 6.36. The lowest BCUT2D eigenvalue weighted by atomic mass is 9.74. The second kappa shape index (κ2) is 6.93. The maximum atomic E-state index is 12.6. The van der Waals surface area contributed by atoms with Crippen LogP contribution < -0.4 is 5.32 Å². The summed E-state index contributed by atoms with van der Waals surface area (Å²) in [6.07, 6.45) is -1.10. The molecule has 1 rings (SSSR count). The van der Waals surface area contributed by atoms with Crippen LogP contribution in [0.4, 0.5) is 13.2 Å². The topological polar surface area (TPSA) is 15.3 Å². The van der Waals surface area contributed by atoms with E-state index in [-0.39, 0.29) is 5.41 Å². The highest BCUT2D eigenvalue weighted by molar-refractivity contribution is 4.86. The number of halogens is 3. The van der Waals surface area contributed by atoms with Crippen LogP contribution in [0.25, 0.3) is 0 Å². The third-order valence-electron chi connectivity index (χ3n) is 3.98. The molecule has 1 atom stereocenters. The molecule has 1 aliphatic rings. The number of nitrogens with one attached hydrogen (secondary N) is 1. The van der Waals surface area contributed by atoms with Gasteiger partial charge in [-0.2, -0.15) is 13.2 Å². The van der Waals surface area contributed by atoms with E-state index < -0.39 is 12.7 Å². The summed E-state index contributed by atoms with van der Waals surface area (Å²) in [5, 5.41) is 3.35. The first-order valence-electron chi connectivity index (χ1n) is 7.24. The van der Waals surface area contributed by atoms with Gasteiger partial charge in [-0.25, -0.2) is 0 Å². The summed E-state index contributed by atoms with van der Waals surface area (Å²) in [5.74, 6) is 0.467. The van der Waals surface area contributed by atoms with E-state index in [1.54, 1.807) is 4.90 Å². The van der Waals surface area contributed by atoms with Crippen LogP contribution in [-0.4, -0.2) is 43.8 Å². The molecule has 1 unspecified atom stereocenters. The second-order valence-corrected chi connectivity index (χ2v) is 6.36. The van der Waals surface area contributed by atoms with Gasteiger partial charge < -0.3 is 5.32 Å². The Balaban J connectivity index is 2.59. The summed E-state index contributed by atoms with van der Waals surface area (Å²) >= 11 is 0. The van der Waals surface area contributed by atoms with Crippen molar-refractivity contribution in [3.63, 3.8) is 0 Å². The minimum Gasteiger partial charge on any atom is -0.316 e. The fourth-order valence-electron chi connectivity index (χ4n) is 3.01. The number of rotatable bonds is 6. The van der Waals surface area contributed by atoms with Crippen LogP contribution in [0.2, 0.25) is 0 Å². The van der Waals surface area contributed by atoms with E-state index in [0.29, 0.717) is 19.0 Å². The van der Waals surface area contributed by atoms with Crippen molar-refractivity contribution in [1.29, 1.82) is 0 Å². The monoisotopic (exact) mass is 280 g/mol. The normalized spacial score (nSPS) is 21.9. The van der Waals surface area contributed by atoms with Crippen LogP contribution in [0.3, 0.4) is 0 Å². The molecular weight excluding hydrogens is 253 g/mol. The standard InChI is InChI=1S/C14H27F3N2/c1-4-8-19(11-14(15,16)17)10-13(2,3)12-6-5-7-18-9-12/h12,18H,4-11H2,1-3H3. The Morgan fingerprint density at radius 3 is 2.37 bits per heavy atom. The van der Waals surface area contributed by atoms with Gasteiger partial charge in [0, 0.05) is 6.54 Å². The fraction of sp³-hybridized carbons (Fsp3) is 1.00. The van der Waals surface area contributed by atoms with E-state index >= 15 is 0 Å². The van der Waals surface area contributed by atoms with Crippen LogP contribution in [0, 0.1) is 11.3 Å². The molecule has 1 saturated heterocycles. The van der Waals surface area contributed by atoms with Crippen LogP contribution in [0.5, 0.6) is 0 Å². The SMILES string of the molecule is CCCN(CC(F)(F)F)CC(C)(C)C1CCCNC1. The van der Waals surface area contributed by atoms with Gasteiger partial charge in [0.15, 0.2) is 0 Å². The van der Waals surface area contributed by atoms with Crippen molar-refractivity contribution in [2.45, 2.75) is 46.2 Å². The van der Waals surface area contributed by atoms with Gasteiger partial charge >= 0.3 is 6.18 Å². The molecule has 0 aromatic rings. The maximum absolute atomic E-state index is 12.6. The average molecular weight is 280 g/mol. The largest absolute Gasteiger partial charge is 0.401 e. The first-order valence-corrected chi connectivity index (χ1v) is 7.24. The summed E-state index contributed by atoms with van der Waals surface area (Å²) in [5.41, 5.74) is -0.0756. The first kappa shape index (κ1) is 16.8. The molecular formula is C14H27F3N2. The summed E-state index contributed by atoms with van der Waals surface area (Å²) in [6, 6.07) is 0. The molecule has 0 aromatic heterocycles. The molecule has 0 spiro atoms. The molecule has 1 N–H and O–H groups in total. The van der Waals surface area contributed by atoms with Gasteiger partial charge in [0.1, 0.15) is 0 Å². The van der Waals surface area contributed by atoms with Crippen molar-refractivity contribution in [2.24, 2.45) is 11.3 Å². The van der Waals surface area contributed by atoms with Gasteiger partial charge in [-0.05, 0) is 50.2 Å². The molecule has 5 heteroatoms. The Hall–Kier alpha value is -0.290. The van der Waals surface area contributed by atoms with Crippen LogP contribution >= 0.6 is 0 Å².